The second kappa shape index (κ2) is 4.71. The van der Waals surface area contributed by atoms with Gasteiger partial charge < -0.3 is 0 Å². The number of hydrogen-bond acceptors (Lipinski definition) is 0. The van der Waals surface area contributed by atoms with Gasteiger partial charge in [0.25, 0.3) is 0 Å². The zero-order chi connectivity index (χ0) is 13.4. The van der Waals surface area contributed by atoms with E-state index in [9.17, 15) is 0 Å². The van der Waals surface area contributed by atoms with Crippen LogP contribution < -0.4 is 0 Å². The molecule has 0 aliphatic heterocycles. The van der Waals surface area contributed by atoms with Crippen LogP contribution >= 0.6 is 11.6 Å². The average Bonchev–Trinajstić information content (AvgIpc) is 2.44. The summed E-state index contributed by atoms with van der Waals surface area (Å²) in [5.41, 5.74) is 5.12. The van der Waals surface area contributed by atoms with Crippen molar-refractivity contribution in [1.29, 1.82) is 0 Å². The van der Waals surface area contributed by atoms with E-state index in [-0.39, 0.29) is 0 Å². The van der Waals surface area contributed by atoms with Crippen LogP contribution in [0.4, 0.5) is 0 Å². The molecular formula is C18H15Cl. The Bertz CT molecular complexity index is 742. The highest BCUT2D eigenvalue weighted by molar-refractivity contribution is 6.31. The smallest absolute Gasteiger partial charge is 0.0412 e. The van der Waals surface area contributed by atoms with Crippen molar-refractivity contribution in [2.24, 2.45) is 0 Å². The lowest BCUT2D eigenvalue weighted by molar-refractivity contribution is 1.38. The number of benzene rings is 3. The quantitative estimate of drug-likeness (QED) is 0.524. The van der Waals surface area contributed by atoms with Crippen LogP contribution in [0.15, 0.2) is 54.6 Å². The minimum absolute atomic E-state index is 0.792. The molecule has 0 saturated heterocycles. The molecule has 94 valence electrons. The van der Waals surface area contributed by atoms with Gasteiger partial charge in [-0.1, -0.05) is 54.1 Å². The topological polar surface area (TPSA) is 0 Å². The fraction of sp³-hybridized carbons (Fsp3) is 0.111. The standard InChI is InChI=1S/C18H15Cl/c1-12-10-18(14-6-4-3-5-7-14)16-9-8-15(19)11-17(16)13(12)2/h3-11H,1-2H3. The highest BCUT2D eigenvalue weighted by Crippen LogP contribution is 2.34. The van der Waals surface area contributed by atoms with Gasteiger partial charge in [-0.3, -0.25) is 0 Å². The Hall–Kier alpha value is -1.79. The number of aryl methyl sites for hydroxylation is 2. The van der Waals surface area contributed by atoms with Gasteiger partial charge in [0.1, 0.15) is 0 Å². The molecule has 3 rings (SSSR count). The summed E-state index contributed by atoms with van der Waals surface area (Å²) < 4.78 is 0. The third-order valence-corrected chi connectivity index (χ3v) is 3.95. The fourth-order valence-electron chi connectivity index (χ4n) is 2.53. The Balaban J connectivity index is 2.40. The zero-order valence-corrected chi connectivity index (χ0v) is 11.8. The van der Waals surface area contributed by atoms with Crippen LogP contribution in [0.25, 0.3) is 21.9 Å². The van der Waals surface area contributed by atoms with Crippen molar-refractivity contribution in [3.8, 4) is 11.1 Å². The third-order valence-electron chi connectivity index (χ3n) is 3.71. The van der Waals surface area contributed by atoms with Crippen molar-refractivity contribution in [2.75, 3.05) is 0 Å². The molecule has 3 aromatic carbocycles. The second-order valence-electron chi connectivity index (χ2n) is 4.92. The van der Waals surface area contributed by atoms with E-state index in [1.54, 1.807) is 0 Å². The van der Waals surface area contributed by atoms with Gasteiger partial charge >= 0.3 is 0 Å². The van der Waals surface area contributed by atoms with E-state index in [0.29, 0.717) is 0 Å². The first kappa shape index (κ1) is 12.3. The van der Waals surface area contributed by atoms with E-state index in [2.05, 4.69) is 56.3 Å². The average molecular weight is 267 g/mol. The maximum Gasteiger partial charge on any atom is 0.0412 e. The molecule has 0 nitrogen and oxygen atoms in total. The summed E-state index contributed by atoms with van der Waals surface area (Å²) in [7, 11) is 0. The van der Waals surface area contributed by atoms with E-state index < -0.39 is 0 Å². The minimum Gasteiger partial charge on any atom is -0.0843 e. The number of rotatable bonds is 1. The number of hydrogen-bond donors (Lipinski definition) is 0. The van der Waals surface area contributed by atoms with Crippen LogP contribution in [-0.4, -0.2) is 0 Å². The van der Waals surface area contributed by atoms with Gasteiger partial charge in [0.05, 0.1) is 0 Å². The molecule has 0 aliphatic rings. The summed E-state index contributed by atoms with van der Waals surface area (Å²) in [6.45, 7) is 4.31. The molecule has 0 aliphatic carbocycles. The number of fused-ring (bicyclic) bond motifs is 1. The molecule has 0 amide bonds. The minimum atomic E-state index is 0.792. The van der Waals surface area contributed by atoms with E-state index >= 15 is 0 Å². The van der Waals surface area contributed by atoms with Crippen molar-refractivity contribution in [1.82, 2.24) is 0 Å². The van der Waals surface area contributed by atoms with Crippen molar-refractivity contribution >= 4 is 22.4 Å². The van der Waals surface area contributed by atoms with Gasteiger partial charge in [0.15, 0.2) is 0 Å². The Morgan fingerprint density at radius 3 is 2.26 bits per heavy atom. The molecule has 0 aromatic heterocycles. The molecule has 3 aromatic rings. The van der Waals surface area contributed by atoms with E-state index in [1.165, 1.54) is 33.0 Å². The van der Waals surface area contributed by atoms with Crippen molar-refractivity contribution in [3.63, 3.8) is 0 Å². The molecule has 1 heteroatoms. The lowest BCUT2D eigenvalue weighted by Gasteiger charge is -2.12. The summed E-state index contributed by atoms with van der Waals surface area (Å²) in [5, 5.41) is 3.30. The first-order chi connectivity index (χ1) is 9.16. The molecule has 0 fully saturated rings. The first-order valence-corrected chi connectivity index (χ1v) is 6.79. The molecule has 0 atom stereocenters. The highest BCUT2D eigenvalue weighted by Gasteiger charge is 2.08. The molecule has 0 radical (unpaired) electrons. The van der Waals surface area contributed by atoms with Crippen LogP contribution in [0.2, 0.25) is 5.02 Å². The SMILES string of the molecule is Cc1cc(-c2ccccc2)c2ccc(Cl)cc2c1C. The third kappa shape index (κ3) is 2.13. The maximum absolute atomic E-state index is 6.14. The van der Waals surface area contributed by atoms with Gasteiger partial charge in [-0.25, -0.2) is 0 Å². The van der Waals surface area contributed by atoms with Gasteiger partial charge in [-0.15, -0.1) is 0 Å². The summed E-state index contributed by atoms with van der Waals surface area (Å²) in [6.07, 6.45) is 0. The largest absolute Gasteiger partial charge is 0.0843 e. The van der Waals surface area contributed by atoms with Crippen LogP contribution in [0.1, 0.15) is 11.1 Å². The molecule has 0 saturated carbocycles. The molecular weight excluding hydrogens is 252 g/mol. The van der Waals surface area contributed by atoms with Gasteiger partial charge in [0, 0.05) is 5.02 Å². The summed E-state index contributed by atoms with van der Waals surface area (Å²) in [6, 6.07) is 18.9. The number of halogens is 1. The van der Waals surface area contributed by atoms with E-state index in [4.69, 9.17) is 11.6 Å². The molecule has 0 spiro atoms. The van der Waals surface area contributed by atoms with Crippen molar-refractivity contribution in [3.05, 3.63) is 70.7 Å². The summed E-state index contributed by atoms with van der Waals surface area (Å²) in [4.78, 5) is 0. The highest BCUT2D eigenvalue weighted by atomic mass is 35.5. The van der Waals surface area contributed by atoms with Gasteiger partial charge in [-0.05, 0) is 59.0 Å². The normalized spacial score (nSPS) is 10.9. The summed E-state index contributed by atoms with van der Waals surface area (Å²) >= 11 is 6.14. The Kier molecular flexibility index (Phi) is 3.04. The Labute approximate surface area is 118 Å². The van der Waals surface area contributed by atoms with Crippen molar-refractivity contribution < 1.29 is 0 Å². The van der Waals surface area contributed by atoms with Crippen LogP contribution in [0.5, 0.6) is 0 Å². The molecule has 0 bridgehead atoms. The van der Waals surface area contributed by atoms with E-state index in [0.717, 1.165) is 5.02 Å². The van der Waals surface area contributed by atoms with Crippen molar-refractivity contribution in [2.45, 2.75) is 13.8 Å². The van der Waals surface area contributed by atoms with Gasteiger partial charge in [0.2, 0.25) is 0 Å². The van der Waals surface area contributed by atoms with Gasteiger partial charge in [-0.2, -0.15) is 0 Å². The fourth-order valence-corrected chi connectivity index (χ4v) is 2.71. The van der Waals surface area contributed by atoms with E-state index in [1.807, 2.05) is 12.1 Å². The van der Waals surface area contributed by atoms with Crippen LogP contribution in [0.3, 0.4) is 0 Å². The maximum atomic E-state index is 6.14. The second-order valence-corrected chi connectivity index (χ2v) is 5.36. The molecule has 0 N–H and O–H groups in total. The molecule has 0 unspecified atom stereocenters. The predicted molar refractivity (Wildman–Crippen MR) is 83.9 cm³/mol. The predicted octanol–water partition coefficient (Wildman–Crippen LogP) is 5.78. The Morgan fingerprint density at radius 2 is 1.53 bits per heavy atom. The summed E-state index contributed by atoms with van der Waals surface area (Å²) in [5.74, 6) is 0. The first-order valence-electron chi connectivity index (χ1n) is 6.42. The Morgan fingerprint density at radius 1 is 0.789 bits per heavy atom. The lowest BCUT2D eigenvalue weighted by Crippen LogP contribution is -1.89. The zero-order valence-electron chi connectivity index (χ0n) is 11.1. The van der Waals surface area contributed by atoms with Crippen LogP contribution in [-0.2, 0) is 0 Å². The molecule has 19 heavy (non-hydrogen) atoms. The monoisotopic (exact) mass is 266 g/mol. The molecule has 0 heterocycles. The lowest BCUT2D eigenvalue weighted by atomic mass is 9.92. The van der Waals surface area contributed by atoms with Crippen LogP contribution in [0, 0.1) is 13.8 Å².